The lowest BCUT2D eigenvalue weighted by Crippen LogP contribution is -2.46. The molecule has 0 radical (unpaired) electrons. The molecule has 3 heterocycles. The molecule has 108 valence electrons. The van der Waals surface area contributed by atoms with Gasteiger partial charge in [0.05, 0.1) is 0 Å². The van der Waals surface area contributed by atoms with Gasteiger partial charge in [-0.1, -0.05) is 0 Å². The van der Waals surface area contributed by atoms with Crippen molar-refractivity contribution < 1.29 is 4.79 Å². The van der Waals surface area contributed by atoms with Gasteiger partial charge in [-0.25, -0.2) is 4.98 Å². The first-order chi connectivity index (χ1) is 9.25. The summed E-state index contributed by atoms with van der Waals surface area (Å²) in [5.74, 6) is -0.341. The summed E-state index contributed by atoms with van der Waals surface area (Å²) in [4.78, 5) is 29.0. The molecule has 0 aromatic carbocycles. The van der Waals surface area contributed by atoms with Crippen LogP contribution in [0.25, 0.3) is 4.96 Å². The molecule has 1 aliphatic heterocycles. The second kappa shape index (κ2) is 6.34. The number of hydrogen-bond donors (Lipinski definition) is 2. The molecule has 1 aliphatic rings. The van der Waals surface area contributed by atoms with E-state index in [1.807, 2.05) is 0 Å². The smallest absolute Gasteiger partial charge is 0.271 e. The van der Waals surface area contributed by atoms with E-state index in [1.165, 1.54) is 21.9 Å². The number of nitrogens with zero attached hydrogens (tertiary/aromatic N) is 2. The fourth-order valence-electron chi connectivity index (χ4n) is 2.22. The van der Waals surface area contributed by atoms with E-state index in [0.717, 1.165) is 25.9 Å². The lowest BCUT2D eigenvalue weighted by molar-refractivity contribution is 0.0928. The Morgan fingerprint density at radius 3 is 3.15 bits per heavy atom. The van der Waals surface area contributed by atoms with Gasteiger partial charge in [0, 0.05) is 30.4 Å². The molecule has 6 nitrogen and oxygen atoms in total. The van der Waals surface area contributed by atoms with Gasteiger partial charge in [0.1, 0.15) is 5.56 Å². The van der Waals surface area contributed by atoms with E-state index >= 15 is 0 Å². The van der Waals surface area contributed by atoms with Crippen molar-refractivity contribution in [3.05, 3.63) is 33.7 Å². The third kappa shape index (κ3) is 2.84. The highest BCUT2D eigenvalue weighted by Gasteiger charge is 2.19. The van der Waals surface area contributed by atoms with Crippen LogP contribution < -0.4 is 16.2 Å². The predicted octanol–water partition coefficient (Wildman–Crippen LogP) is 0.660. The Labute approximate surface area is 125 Å². The van der Waals surface area contributed by atoms with Crippen LogP contribution in [-0.2, 0) is 0 Å². The van der Waals surface area contributed by atoms with E-state index in [-0.39, 0.29) is 35.5 Å². The number of amides is 1. The number of carbonyl (C=O) groups excluding carboxylic acids is 1. The lowest BCUT2D eigenvalue weighted by Gasteiger charge is -2.23. The van der Waals surface area contributed by atoms with Crippen LogP contribution in [0.15, 0.2) is 22.6 Å². The fraction of sp³-hybridized carbons (Fsp3) is 0.417. The average molecular weight is 315 g/mol. The Hall–Kier alpha value is -1.44. The van der Waals surface area contributed by atoms with Crippen molar-refractivity contribution in [1.82, 2.24) is 20.0 Å². The molecule has 0 bridgehead atoms. The van der Waals surface area contributed by atoms with Crippen LogP contribution in [0.4, 0.5) is 0 Å². The minimum atomic E-state index is -0.341. The zero-order chi connectivity index (χ0) is 13.2. The number of fused-ring (bicyclic) bond motifs is 1. The molecule has 3 rings (SSSR count). The molecule has 2 aromatic heterocycles. The van der Waals surface area contributed by atoms with Crippen LogP contribution in [0.1, 0.15) is 23.2 Å². The molecular weight excluding hydrogens is 300 g/mol. The van der Waals surface area contributed by atoms with Crippen LogP contribution in [-0.4, -0.2) is 34.4 Å². The average Bonchev–Trinajstić information content (AvgIpc) is 2.89. The van der Waals surface area contributed by atoms with Gasteiger partial charge in [-0.3, -0.25) is 14.0 Å². The number of halogens is 1. The maximum Gasteiger partial charge on any atom is 0.271 e. The zero-order valence-electron chi connectivity index (χ0n) is 10.7. The van der Waals surface area contributed by atoms with Crippen molar-refractivity contribution in [3.8, 4) is 0 Å². The van der Waals surface area contributed by atoms with Crippen molar-refractivity contribution in [1.29, 1.82) is 0 Å². The van der Waals surface area contributed by atoms with Gasteiger partial charge in [-0.15, -0.1) is 23.7 Å². The van der Waals surface area contributed by atoms with Crippen LogP contribution in [0, 0.1) is 0 Å². The summed E-state index contributed by atoms with van der Waals surface area (Å²) in [5, 5.41) is 7.88. The zero-order valence-corrected chi connectivity index (χ0v) is 12.3. The molecular formula is C12H15ClN4O2S. The first-order valence-corrected chi connectivity index (χ1v) is 7.10. The minimum absolute atomic E-state index is 0. The van der Waals surface area contributed by atoms with E-state index < -0.39 is 0 Å². The molecule has 1 unspecified atom stereocenters. The molecule has 2 aromatic rings. The summed E-state index contributed by atoms with van der Waals surface area (Å²) in [6.45, 7) is 1.73. The highest BCUT2D eigenvalue weighted by Crippen LogP contribution is 2.06. The molecule has 1 saturated heterocycles. The maximum absolute atomic E-state index is 12.1. The van der Waals surface area contributed by atoms with Crippen LogP contribution in [0.2, 0.25) is 0 Å². The topological polar surface area (TPSA) is 75.5 Å². The van der Waals surface area contributed by atoms with Crippen LogP contribution >= 0.6 is 23.7 Å². The molecule has 20 heavy (non-hydrogen) atoms. The second-order valence-corrected chi connectivity index (χ2v) is 5.42. The van der Waals surface area contributed by atoms with Crippen LogP contribution in [0.3, 0.4) is 0 Å². The number of nitrogens with one attached hydrogen (secondary N) is 2. The highest BCUT2D eigenvalue weighted by molar-refractivity contribution is 7.15. The van der Waals surface area contributed by atoms with E-state index in [0.29, 0.717) is 4.96 Å². The van der Waals surface area contributed by atoms with Crippen molar-refractivity contribution in [2.45, 2.75) is 18.9 Å². The fourth-order valence-corrected chi connectivity index (χ4v) is 2.89. The summed E-state index contributed by atoms with van der Waals surface area (Å²) >= 11 is 1.37. The van der Waals surface area contributed by atoms with Gasteiger partial charge in [0.2, 0.25) is 0 Å². The van der Waals surface area contributed by atoms with Gasteiger partial charge in [-0.2, -0.15) is 0 Å². The van der Waals surface area contributed by atoms with Crippen LogP contribution in [0.5, 0.6) is 0 Å². The Morgan fingerprint density at radius 2 is 2.40 bits per heavy atom. The van der Waals surface area contributed by atoms with Gasteiger partial charge in [0.25, 0.3) is 11.5 Å². The van der Waals surface area contributed by atoms with Crippen molar-refractivity contribution >= 4 is 34.6 Å². The maximum atomic E-state index is 12.1. The van der Waals surface area contributed by atoms with Gasteiger partial charge < -0.3 is 10.6 Å². The largest absolute Gasteiger partial charge is 0.348 e. The van der Waals surface area contributed by atoms with Gasteiger partial charge in [0.15, 0.2) is 4.96 Å². The predicted molar refractivity (Wildman–Crippen MR) is 79.9 cm³/mol. The normalized spacial score (nSPS) is 18.5. The van der Waals surface area contributed by atoms with Gasteiger partial charge in [-0.05, 0) is 19.4 Å². The van der Waals surface area contributed by atoms with Crippen molar-refractivity contribution in [2.75, 3.05) is 13.1 Å². The van der Waals surface area contributed by atoms with Gasteiger partial charge >= 0.3 is 0 Å². The summed E-state index contributed by atoms with van der Waals surface area (Å²) in [7, 11) is 0. The van der Waals surface area contributed by atoms with E-state index in [2.05, 4.69) is 15.6 Å². The minimum Gasteiger partial charge on any atom is -0.348 e. The molecule has 0 saturated carbocycles. The number of piperidine rings is 1. The number of carbonyl (C=O) groups is 1. The summed E-state index contributed by atoms with van der Waals surface area (Å²) in [6, 6.07) is 0.0869. The number of aromatic nitrogens is 2. The third-order valence-electron chi connectivity index (χ3n) is 3.22. The Kier molecular flexibility index (Phi) is 4.74. The molecule has 0 spiro atoms. The Bertz CT molecular complexity index is 663. The van der Waals surface area contributed by atoms with E-state index in [9.17, 15) is 9.59 Å². The quantitative estimate of drug-likeness (QED) is 0.854. The third-order valence-corrected chi connectivity index (χ3v) is 3.99. The van der Waals surface area contributed by atoms with Crippen molar-refractivity contribution in [2.24, 2.45) is 0 Å². The molecule has 0 aliphatic carbocycles. The summed E-state index contributed by atoms with van der Waals surface area (Å²) < 4.78 is 1.40. The molecule has 8 heteroatoms. The molecule has 2 N–H and O–H groups in total. The monoisotopic (exact) mass is 314 g/mol. The van der Waals surface area contributed by atoms with E-state index in [1.54, 1.807) is 11.6 Å². The first-order valence-electron chi connectivity index (χ1n) is 6.22. The lowest BCUT2D eigenvalue weighted by atomic mass is 10.1. The highest BCUT2D eigenvalue weighted by atomic mass is 35.5. The van der Waals surface area contributed by atoms with Crippen molar-refractivity contribution in [3.63, 3.8) is 0 Å². The molecule has 1 fully saturated rings. The summed E-state index contributed by atoms with van der Waals surface area (Å²) in [6.07, 6.45) is 4.97. The molecule has 1 amide bonds. The Balaban J connectivity index is 0.00000147. The number of rotatable bonds is 2. The van der Waals surface area contributed by atoms with E-state index in [4.69, 9.17) is 0 Å². The molecule has 1 atom stereocenters. The second-order valence-electron chi connectivity index (χ2n) is 4.55. The standard InChI is InChI=1S/C12H14N4O2S.ClH/c17-10(15-8-2-1-3-13-6-8)9-7-14-12-16(11(9)18)4-5-19-12;/h4-5,7-8,13H,1-3,6H2,(H,15,17);1H. The SMILES string of the molecule is Cl.O=C(NC1CCCNC1)c1cnc2sccn2c1=O. The number of hydrogen-bond acceptors (Lipinski definition) is 5. The first kappa shape index (κ1) is 15.0. The number of thiazole rings is 1. The summed E-state index contributed by atoms with van der Waals surface area (Å²) in [5.41, 5.74) is -0.214. The Morgan fingerprint density at radius 1 is 1.55 bits per heavy atom.